The van der Waals surface area contributed by atoms with Gasteiger partial charge in [0.1, 0.15) is 11.6 Å². The Morgan fingerprint density at radius 1 is 1.04 bits per heavy atom. The van der Waals surface area contributed by atoms with Crippen molar-refractivity contribution in [1.29, 1.82) is 0 Å². The predicted octanol–water partition coefficient (Wildman–Crippen LogP) is 3.88. The number of anilines is 2. The highest BCUT2D eigenvalue weighted by molar-refractivity contribution is 5.96. The van der Waals surface area contributed by atoms with Crippen molar-refractivity contribution in [1.82, 2.24) is 0 Å². The molecule has 6 heteroatoms. The molecular weight excluding hydrogens is 326 g/mol. The van der Waals surface area contributed by atoms with Gasteiger partial charge in [0, 0.05) is 18.0 Å². The molecule has 2 amide bonds. The number of aryl methyl sites for hydroxylation is 1. The zero-order valence-electron chi connectivity index (χ0n) is 13.5. The first kappa shape index (κ1) is 17.1. The lowest BCUT2D eigenvalue weighted by atomic mass is 10.1. The van der Waals surface area contributed by atoms with E-state index in [1.54, 1.807) is 12.1 Å². The number of carbonyl (C=O) groups excluding carboxylic acids is 2. The fraction of sp³-hybridized carbons (Fsp3) is 0.263. The van der Waals surface area contributed by atoms with Crippen molar-refractivity contribution in [3.05, 3.63) is 59.7 Å². The van der Waals surface area contributed by atoms with Crippen LogP contribution in [0.4, 0.5) is 20.2 Å². The monoisotopic (exact) mass is 344 g/mol. The molecular formula is C19H18F2N2O2. The number of hydrogen-bond donors (Lipinski definition) is 2. The zero-order valence-corrected chi connectivity index (χ0v) is 13.5. The van der Waals surface area contributed by atoms with Crippen LogP contribution in [0.3, 0.4) is 0 Å². The van der Waals surface area contributed by atoms with Gasteiger partial charge in [0.05, 0.1) is 5.69 Å². The number of halogens is 2. The van der Waals surface area contributed by atoms with Gasteiger partial charge in [0.25, 0.3) is 0 Å². The summed E-state index contributed by atoms with van der Waals surface area (Å²) in [5.41, 5.74) is 1.18. The Balaban J connectivity index is 1.57. The summed E-state index contributed by atoms with van der Waals surface area (Å²) >= 11 is 0. The molecule has 0 unspecified atom stereocenters. The molecule has 130 valence electrons. The highest BCUT2D eigenvalue weighted by atomic mass is 19.1. The first-order chi connectivity index (χ1) is 12.0. The lowest BCUT2D eigenvalue weighted by Crippen LogP contribution is -2.16. The van der Waals surface area contributed by atoms with E-state index in [-0.39, 0.29) is 35.7 Å². The SMILES string of the molecule is O=C(CCc1cccc(F)c1)Nc1ccc(F)c(NC(=O)C2CC2)c1. The summed E-state index contributed by atoms with van der Waals surface area (Å²) in [5, 5.41) is 5.20. The maximum Gasteiger partial charge on any atom is 0.227 e. The number of carbonyl (C=O) groups is 2. The van der Waals surface area contributed by atoms with E-state index in [2.05, 4.69) is 10.6 Å². The first-order valence-corrected chi connectivity index (χ1v) is 8.16. The van der Waals surface area contributed by atoms with Crippen LogP contribution in [0.5, 0.6) is 0 Å². The third kappa shape index (κ3) is 4.86. The smallest absolute Gasteiger partial charge is 0.227 e. The van der Waals surface area contributed by atoms with Gasteiger partial charge >= 0.3 is 0 Å². The second-order valence-corrected chi connectivity index (χ2v) is 6.14. The summed E-state index contributed by atoms with van der Waals surface area (Å²) in [5.74, 6) is -1.40. The van der Waals surface area contributed by atoms with E-state index in [0.717, 1.165) is 18.4 Å². The van der Waals surface area contributed by atoms with Gasteiger partial charge in [-0.25, -0.2) is 8.78 Å². The topological polar surface area (TPSA) is 58.2 Å². The third-order valence-corrected chi connectivity index (χ3v) is 3.99. The summed E-state index contributed by atoms with van der Waals surface area (Å²) in [6.45, 7) is 0. The molecule has 4 nitrogen and oxygen atoms in total. The average molecular weight is 344 g/mol. The fourth-order valence-electron chi connectivity index (χ4n) is 2.45. The van der Waals surface area contributed by atoms with Crippen LogP contribution in [-0.2, 0) is 16.0 Å². The second-order valence-electron chi connectivity index (χ2n) is 6.14. The van der Waals surface area contributed by atoms with Gasteiger partial charge in [-0.3, -0.25) is 9.59 Å². The van der Waals surface area contributed by atoms with E-state index < -0.39 is 5.82 Å². The minimum absolute atomic E-state index is 0.0380. The van der Waals surface area contributed by atoms with Crippen molar-refractivity contribution >= 4 is 23.2 Å². The Hall–Kier alpha value is -2.76. The van der Waals surface area contributed by atoms with Crippen LogP contribution in [0.2, 0.25) is 0 Å². The van der Waals surface area contributed by atoms with E-state index in [4.69, 9.17) is 0 Å². The summed E-state index contributed by atoms with van der Waals surface area (Å²) < 4.78 is 26.9. The third-order valence-electron chi connectivity index (χ3n) is 3.99. The van der Waals surface area contributed by atoms with Crippen LogP contribution in [0.1, 0.15) is 24.8 Å². The van der Waals surface area contributed by atoms with Gasteiger partial charge in [0.2, 0.25) is 11.8 Å². The Morgan fingerprint density at radius 2 is 1.84 bits per heavy atom. The van der Waals surface area contributed by atoms with E-state index in [1.807, 2.05) is 0 Å². The minimum atomic E-state index is -0.549. The van der Waals surface area contributed by atoms with Gasteiger partial charge in [-0.15, -0.1) is 0 Å². The van der Waals surface area contributed by atoms with Crippen LogP contribution in [0.25, 0.3) is 0 Å². The predicted molar refractivity (Wildman–Crippen MR) is 91.1 cm³/mol. The summed E-state index contributed by atoms with van der Waals surface area (Å²) in [7, 11) is 0. The van der Waals surface area contributed by atoms with Gasteiger partial charge in [-0.2, -0.15) is 0 Å². The lowest BCUT2D eigenvalue weighted by Gasteiger charge is -2.10. The van der Waals surface area contributed by atoms with Crippen LogP contribution in [0.15, 0.2) is 42.5 Å². The van der Waals surface area contributed by atoms with E-state index in [9.17, 15) is 18.4 Å². The standard InChI is InChI=1S/C19H18F2N2O2/c20-14-3-1-2-12(10-14)4-9-18(24)22-15-7-8-16(21)17(11-15)23-19(25)13-5-6-13/h1-3,7-8,10-11,13H,4-6,9H2,(H,22,24)(H,23,25). The molecule has 0 spiro atoms. The van der Waals surface area contributed by atoms with Crippen molar-refractivity contribution in [3.63, 3.8) is 0 Å². The molecule has 0 bridgehead atoms. The molecule has 0 atom stereocenters. The van der Waals surface area contributed by atoms with Crippen molar-refractivity contribution in [2.45, 2.75) is 25.7 Å². The van der Waals surface area contributed by atoms with Crippen LogP contribution < -0.4 is 10.6 Å². The van der Waals surface area contributed by atoms with Gasteiger partial charge in [-0.05, 0) is 55.2 Å². The van der Waals surface area contributed by atoms with Gasteiger partial charge in [-0.1, -0.05) is 12.1 Å². The average Bonchev–Trinajstić information content (AvgIpc) is 3.41. The normalized spacial score (nSPS) is 13.4. The molecule has 0 radical (unpaired) electrons. The molecule has 0 aromatic heterocycles. The molecule has 0 saturated heterocycles. The summed E-state index contributed by atoms with van der Waals surface area (Å²) in [6, 6.07) is 10.1. The number of amides is 2. The molecule has 1 aliphatic carbocycles. The van der Waals surface area contributed by atoms with Crippen LogP contribution in [0, 0.1) is 17.6 Å². The summed E-state index contributed by atoms with van der Waals surface area (Å²) in [6.07, 6.45) is 2.22. The second kappa shape index (κ2) is 7.42. The van der Waals surface area contributed by atoms with Gasteiger partial charge in [0.15, 0.2) is 0 Å². The highest BCUT2D eigenvalue weighted by Gasteiger charge is 2.30. The maximum atomic E-state index is 13.8. The number of benzene rings is 2. The maximum absolute atomic E-state index is 13.8. The van der Waals surface area contributed by atoms with Crippen molar-refractivity contribution in [2.75, 3.05) is 10.6 Å². The molecule has 0 aliphatic heterocycles. The molecule has 2 N–H and O–H groups in total. The Labute approximate surface area is 144 Å². The number of rotatable bonds is 6. The largest absolute Gasteiger partial charge is 0.326 e. The van der Waals surface area contributed by atoms with Crippen LogP contribution >= 0.6 is 0 Å². The minimum Gasteiger partial charge on any atom is -0.326 e. The van der Waals surface area contributed by atoms with E-state index in [0.29, 0.717) is 12.1 Å². The van der Waals surface area contributed by atoms with E-state index in [1.165, 1.54) is 30.3 Å². The van der Waals surface area contributed by atoms with Gasteiger partial charge < -0.3 is 10.6 Å². The van der Waals surface area contributed by atoms with Crippen molar-refractivity contribution in [3.8, 4) is 0 Å². The van der Waals surface area contributed by atoms with E-state index >= 15 is 0 Å². The molecule has 3 rings (SSSR count). The molecule has 1 aliphatic rings. The first-order valence-electron chi connectivity index (χ1n) is 8.16. The number of hydrogen-bond acceptors (Lipinski definition) is 2. The molecule has 2 aromatic carbocycles. The van der Waals surface area contributed by atoms with Crippen molar-refractivity contribution in [2.24, 2.45) is 5.92 Å². The lowest BCUT2D eigenvalue weighted by molar-refractivity contribution is -0.117. The molecule has 0 heterocycles. The Bertz CT molecular complexity index is 804. The van der Waals surface area contributed by atoms with Crippen LogP contribution in [-0.4, -0.2) is 11.8 Å². The molecule has 1 fully saturated rings. The summed E-state index contributed by atoms with van der Waals surface area (Å²) in [4.78, 5) is 23.8. The molecule has 2 aromatic rings. The zero-order chi connectivity index (χ0) is 17.8. The highest BCUT2D eigenvalue weighted by Crippen LogP contribution is 2.31. The fourth-order valence-corrected chi connectivity index (χ4v) is 2.45. The molecule has 25 heavy (non-hydrogen) atoms. The Morgan fingerprint density at radius 3 is 2.56 bits per heavy atom. The number of nitrogens with one attached hydrogen (secondary N) is 2. The van der Waals surface area contributed by atoms with Crippen molar-refractivity contribution < 1.29 is 18.4 Å². The Kier molecular flexibility index (Phi) is 5.07. The molecule has 1 saturated carbocycles. The quantitative estimate of drug-likeness (QED) is 0.835.